The molecule has 0 spiro atoms. The minimum atomic E-state index is -4.80. The van der Waals surface area contributed by atoms with Crippen LogP contribution in [0.25, 0.3) is 0 Å². The first-order chi connectivity index (χ1) is 15.8. The molecule has 1 atom stereocenters. The summed E-state index contributed by atoms with van der Waals surface area (Å²) in [5, 5.41) is 2.37. The molecular formula is C21H18F4N4O4S. The molecule has 0 aliphatic carbocycles. The number of aryl methyl sites for hydroxylation is 1. The zero-order chi connectivity index (χ0) is 25.3. The van der Waals surface area contributed by atoms with E-state index in [-0.39, 0.29) is 27.9 Å². The number of nitrogens with one attached hydrogen (secondary N) is 2. The maximum atomic E-state index is 14.1. The fourth-order valence-corrected chi connectivity index (χ4v) is 3.45. The lowest BCUT2D eigenvalue weighted by Gasteiger charge is -2.15. The normalized spacial score (nSPS) is 13.1. The summed E-state index contributed by atoms with van der Waals surface area (Å²) < 4.78 is 83.7. The topological polar surface area (TPSA) is 114 Å². The maximum absolute atomic E-state index is 14.1. The first-order valence-electron chi connectivity index (χ1n) is 9.41. The van der Waals surface area contributed by atoms with Crippen LogP contribution >= 0.6 is 0 Å². The van der Waals surface area contributed by atoms with Gasteiger partial charge < -0.3 is 14.8 Å². The molecule has 0 fully saturated rings. The molecule has 8 nitrogen and oxygen atoms in total. The van der Waals surface area contributed by atoms with Gasteiger partial charge in [-0.25, -0.2) is 23.3 Å². The molecule has 3 aromatic rings. The van der Waals surface area contributed by atoms with E-state index in [2.05, 4.69) is 15.3 Å². The van der Waals surface area contributed by atoms with Gasteiger partial charge in [0.25, 0.3) is 11.8 Å². The van der Waals surface area contributed by atoms with Crippen LogP contribution in [0.2, 0.25) is 0 Å². The fourth-order valence-electron chi connectivity index (χ4n) is 2.76. The zero-order valence-corrected chi connectivity index (χ0v) is 18.8. The molecule has 2 N–H and O–H groups in total. The molecular weight excluding hydrogens is 480 g/mol. The van der Waals surface area contributed by atoms with Gasteiger partial charge in [-0.05, 0) is 31.2 Å². The van der Waals surface area contributed by atoms with E-state index in [1.807, 2.05) is 0 Å². The Bertz CT molecular complexity index is 1360. The van der Waals surface area contributed by atoms with E-state index in [1.54, 1.807) is 0 Å². The Morgan fingerprint density at radius 1 is 1.18 bits per heavy atom. The van der Waals surface area contributed by atoms with Crippen molar-refractivity contribution in [2.24, 2.45) is 0 Å². The highest BCUT2D eigenvalue weighted by Gasteiger charge is 2.33. The fraction of sp³-hybridized carbons (Fsp3) is 0.190. The Kier molecular flexibility index (Phi) is 6.77. The van der Waals surface area contributed by atoms with Gasteiger partial charge in [0, 0.05) is 29.1 Å². The van der Waals surface area contributed by atoms with E-state index in [0.717, 1.165) is 6.07 Å². The zero-order valence-electron chi connectivity index (χ0n) is 18.0. The second-order valence-electron chi connectivity index (χ2n) is 7.07. The number of hydrogen-bond donors (Lipinski definition) is 2. The van der Waals surface area contributed by atoms with Gasteiger partial charge in [-0.2, -0.15) is 13.2 Å². The van der Waals surface area contributed by atoms with Crippen LogP contribution in [0.4, 0.5) is 23.2 Å². The smallest absolute Gasteiger partial charge is 0.417 e. The standard InChI is InChI=1S/C21H18F4N4O4S/c1-11-17(9-16(22)20(28-11)32-2)33-19-15(7-12(10-27-19)21(23,24)25)18(30)29-13-5-4-6-14(8-13)34(3,26)31/h4-10,26H,1-3H3,(H,29,30). The predicted molar refractivity (Wildman–Crippen MR) is 114 cm³/mol. The lowest BCUT2D eigenvalue weighted by molar-refractivity contribution is -0.137. The average molecular weight is 498 g/mol. The highest BCUT2D eigenvalue weighted by atomic mass is 32.2. The molecule has 0 aliphatic rings. The van der Waals surface area contributed by atoms with Gasteiger partial charge >= 0.3 is 6.18 Å². The molecule has 0 saturated heterocycles. The minimum Gasteiger partial charge on any atom is -0.479 e. The number of carbonyl (C=O) groups is 1. The average Bonchev–Trinajstić information content (AvgIpc) is 2.75. The Morgan fingerprint density at radius 2 is 1.88 bits per heavy atom. The number of methoxy groups -OCH3 is 1. The van der Waals surface area contributed by atoms with Crippen LogP contribution in [0.1, 0.15) is 21.6 Å². The van der Waals surface area contributed by atoms with Crippen molar-refractivity contribution in [1.82, 2.24) is 9.97 Å². The van der Waals surface area contributed by atoms with Crippen molar-refractivity contribution in [2.45, 2.75) is 18.0 Å². The predicted octanol–water partition coefficient (Wildman–Crippen LogP) is 5.03. The highest BCUT2D eigenvalue weighted by Crippen LogP contribution is 2.34. The van der Waals surface area contributed by atoms with Crippen molar-refractivity contribution in [1.29, 1.82) is 4.78 Å². The summed E-state index contributed by atoms with van der Waals surface area (Å²) >= 11 is 0. The van der Waals surface area contributed by atoms with E-state index < -0.39 is 44.6 Å². The van der Waals surface area contributed by atoms with Gasteiger partial charge in [0.1, 0.15) is 5.56 Å². The third kappa shape index (κ3) is 5.60. The Morgan fingerprint density at radius 3 is 2.50 bits per heavy atom. The largest absolute Gasteiger partial charge is 0.479 e. The van der Waals surface area contributed by atoms with Gasteiger partial charge in [0.2, 0.25) is 5.88 Å². The molecule has 1 aromatic carbocycles. The summed E-state index contributed by atoms with van der Waals surface area (Å²) in [5.41, 5.74) is -1.59. The van der Waals surface area contributed by atoms with E-state index in [1.165, 1.54) is 44.6 Å². The molecule has 0 bridgehead atoms. The third-order valence-corrected chi connectivity index (χ3v) is 5.61. The number of hydrogen-bond acceptors (Lipinski definition) is 7. The second-order valence-corrected chi connectivity index (χ2v) is 9.22. The van der Waals surface area contributed by atoms with Crippen LogP contribution in [-0.2, 0) is 15.9 Å². The molecule has 2 heterocycles. The lowest BCUT2D eigenvalue weighted by atomic mass is 10.1. The number of halogens is 4. The third-order valence-electron chi connectivity index (χ3n) is 4.45. The van der Waals surface area contributed by atoms with Gasteiger partial charge in [-0.3, -0.25) is 4.79 Å². The van der Waals surface area contributed by atoms with Crippen LogP contribution in [0, 0.1) is 17.5 Å². The summed E-state index contributed by atoms with van der Waals surface area (Å²) in [7, 11) is -1.90. The molecule has 34 heavy (non-hydrogen) atoms. The number of amides is 1. The summed E-state index contributed by atoms with van der Waals surface area (Å²) in [5.74, 6) is -2.96. The first kappa shape index (κ1) is 24.9. The van der Waals surface area contributed by atoms with Crippen LogP contribution in [0.15, 0.2) is 47.5 Å². The number of aromatic nitrogens is 2. The van der Waals surface area contributed by atoms with E-state index >= 15 is 0 Å². The number of pyridine rings is 2. The van der Waals surface area contributed by atoms with Crippen molar-refractivity contribution < 1.29 is 36.0 Å². The number of nitrogens with zero attached hydrogens (tertiary/aromatic N) is 2. The molecule has 0 radical (unpaired) electrons. The van der Waals surface area contributed by atoms with Gasteiger partial charge in [0.15, 0.2) is 11.6 Å². The quantitative estimate of drug-likeness (QED) is 0.461. The summed E-state index contributed by atoms with van der Waals surface area (Å²) in [6, 6.07) is 6.96. The molecule has 13 heteroatoms. The number of carbonyl (C=O) groups excluding carboxylic acids is 1. The number of benzene rings is 1. The number of anilines is 1. The monoisotopic (exact) mass is 498 g/mol. The van der Waals surface area contributed by atoms with Crippen molar-refractivity contribution in [3.8, 4) is 17.5 Å². The van der Waals surface area contributed by atoms with E-state index in [9.17, 15) is 26.6 Å². The van der Waals surface area contributed by atoms with Crippen LogP contribution in [0.3, 0.4) is 0 Å². The minimum absolute atomic E-state index is 0.0843. The molecule has 0 saturated carbocycles. The maximum Gasteiger partial charge on any atom is 0.417 e. The second kappa shape index (κ2) is 9.25. The van der Waals surface area contributed by atoms with E-state index in [4.69, 9.17) is 14.3 Å². The van der Waals surface area contributed by atoms with E-state index in [0.29, 0.717) is 12.3 Å². The summed E-state index contributed by atoms with van der Waals surface area (Å²) in [6.07, 6.45) is -3.15. The molecule has 1 unspecified atom stereocenters. The molecule has 2 aromatic heterocycles. The first-order valence-corrected chi connectivity index (χ1v) is 11.4. The highest BCUT2D eigenvalue weighted by molar-refractivity contribution is 7.91. The Labute approximate surface area is 191 Å². The van der Waals surface area contributed by atoms with Crippen LogP contribution in [-0.4, -0.2) is 33.4 Å². The van der Waals surface area contributed by atoms with Gasteiger partial charge in [-0.15, -0.1) is 0 Å². The van der Waals surface area contributed by atoms with Crippen LogP contribution in [0.5, 0.6) is 17.5 Å². The number of alkyl halides is 3. The van der Waals surface area contributed by atoms with Crippen molar-refractivity contribution in [3.63, 3.8) is 0 Å². The number of rotatable bonds is 6. The SMILES string of the molecule is COc1nc(C)c(Oc2ncc(C(F)(F)F)cc2C(=O)Nc2cccc(S(C)(=N)=O)c2)cc1F. The lowest BCUT2D eigenvalue weighted by Crippen LogP contribution is -2.16. The van der Waals surface area contributed by atoms with Crippen molar-refractivity contribution in [3.05, 3.63) is 65.2 Å². The molecule has 3 rings (SSSR count). The summed E-state index contributed by atoms with van der Waals surface area (Å²) in [6.45, 7) is 1.44. The Hall–Kier alpha value is -3.74. The molecule has 1 amide bonds. The number of ether oxygens (including phenoxy) is 2. The molecule has 180 valence electrons. The van der Waals surface area contributed by atoms with Crippen molar-refractivity contribution in [2.75, 3.05) is 18.7 Å². The molecule has 0 aliphatic heterocycles. The van der Waals surface area contributed by atoms with Gasteiger partial charge in [0.05, 0.1) is 28.1 Å². The summed E-state index contributed by atoms with van der Waals surface area (Å²) in [4.78, 5) is 20.5. The van der Waals surface area contributed by atoms with Crippen molar-refractivity contribution >= 4 is 21.3 Å². The van der Waals surface area contributed by atoms with Gasteiger partial charge in [-0.1, -0.05) is 6.07 Å². The Balaban J connectivity index is 2.03. The van der Waals surface area contributed by atoms with Crippen LogP contribution < -0.4 is 14.8 Å².